The maximum atomic E-state index is 8.69. The molecule has 0 aromatic carbocycles. The van der Waals surface area contributed by atoms with Gasteiger partial charge in [-0.25, -0.2) is 0 Å². The van der Waals surface area contributed by atoms with Gasteiger partial charge in [-0.1, -0.05) is 0 Å². The van der Waals surface area contributed by atoms with Gasteiger partial charge in [0.25, 0.3) is 0 Å². The molecule has 0 bridgehead atoms. The minimum Gasteiger partial charge on any atom is -0.258 e. The summed E-state index contributed by atoms with van der Waals surface area (Å²) in [5.41, 5.74) is 0.958. The zero-order valence-corrected chi connectivity index (χ0v) is 8.67. The van der Waals surface area contributed by atoms with Crippen LogP contribution in [0.25, 0.3) is 0 Å². The Kier molecular flexibility index (Phi) is 2.88. The van der Waals surface area contributed by atoms with Crippen molar-refractivity contribution >= 4 is 15.9 Å². The topological polar surface area (TPSA) is 41.6 Å². The number of halogens is 1. The minimum absolute atomic E-state index is 0.0975. The van der Waals surface area contributed by atoms with E-state index < -0.39 is 0 Å². The van der Waals surface area contributed by atoms with E-state index in [1.165, 1.54) is 0 Å². The molecule has 0 saturated heterocycles. The highest BCUT2D eigenvalue weighted by molar-refractivity contribution is 9.10. The van der Waals surface area contributed by atoms with Crippen molar-refractivity contribution in [1.82, 2.24) is 9.78 Å². The molecule has 1 aromatic heterocycles. The third-order valence-corrected chi connectivity index (χ3v) is 2.63. The predicted molar refractivity (Wildman–Crippen MR) is 49.6 cm³/mol. The molecule has 1 unspecified atom stereocenters. The Balaban J connectivity index is 3.04. The number of aryl methyl sites for hydroxylation is 1. The van der Waals surface area contributed by atoms with Crippen molar-refractivity contribution in [2.75, 3.05) is 0 Å². The Morgan fingerprint density at radius 3 is 2.92 bits per heavy atom. The number of rotatable bonds is 2. The van der Waals surface area contributed by atoms with Crippen molar-refractivity contribution in [2.45, 2.75) is 26.3 Å². The molecule has 64 valence electrons. The summed E-state index contributed by atoms with van der Waals surface area (Å²) in [5, 5.41) is 12.8. The van der Waals surface area contributed by atoms with E-state index in [1.54, 1.807) is 6.20 Å². The molecule has 4 heteroatoms. The maximum Gasteiger partial charge on any atom is 0.108 e. The lowest BCUT2D eigenvalue weighted by molar-refractivity contribution is 0.644. The van der Waals surface area contributed by atoms with Gasteiger partial charge in [-0.05, 0) is 29.8 Å². The number of hydrogen-bond acceptors (Lipinski definition) is 2. The lowest BCUT2D eigenvalue weighted by Gasteiger charge is -2.00. The standard InChI is InChI=1S/C8H10BrN3/c1-3-12-8(9)7(5-11-12)6(2)4-10/h5-6H,3H2,1-2H3. The smallest absolute Gasteiger partial charge is 0.108 e. The van der Waals surface area contributed by atoms with E-state index in [2.05, 4.69) is 27.1 Å². The van der Waals surface area contributed by atoms with Crippen LogP contribution in [0.5, 0.6) is 0 Å². The third-order valence-electron chi connectivity index (χ3n) is 1.76. The molecule has 0 aliphatic carbocycles. The summed E-state index contributed by atoms with van der Waals surface area (Å²) in [6.07, 6.45) is 1.74. The molecule has 1 heterocycles. The second-order valence-corrected chi connectivity index (χ2v) is 3.31. The fourth-order valence-corrected chi connectivity index (χ4v) is 1.75. The summed E-state index contributed by atoms with van der Waals surface area (Å²) >= 11 is 3.40. The Labute approximate surface area is 80.1 Å². The van der Waals surface area contributed by atoms with Gasteiger partial charge < -0.3 is 0 Å². The van der Waals surface area contributed by atoms with E-state index in [-0.39, 0.29) is 5.92 Å². The van der Waals surface area contributed by atoms with E-state index in [0.29, 0.717) is 0 Å². The van der Waals surface area contributed by atoms with Crippen LogP contribution in [0.15, 0.2) is 10.8 Å². The average Bonchev–Trinajstić information content (AvgIpc) is 2.45. The van der Waals surface area contributed by atoms with E-state index in [9.17, 15) is 0 Å². The molecule has 0 fully saturated rings. The van der Waals surface area contributed by atoms with Gasteiger partial charge in [0, 0.05) is 12.1 Å². The number of nitriles is 1. The second kappa shape index (κ2) is 3.72. The molecule has 0 aliphatic heterocycles. The van der Waals surface area contributed by atoms with E-state index in [4.69, 9.17) is 5.26 Å². The molecule has 12 heavy (non-hydrogen) atoms. The lowest BCUT2D eigenvalue weighted by Crippen LogP contribution is -1.97. The van der Waals surface area contributed by atoms with Crippen molar-refractivity contribution in [3.8, 4) is 6.07 Å². The summed E-state index contributed by atoms with van der Waals surface area (Å²) < 4.78 is 2.74. The number of aromatic nitrogens is 2. The summed E-state index contributed by atoms with van der Waals surface area (Å²) in [7, 11) is 0. The van der Waals surface area contributed by atoms with Crippen molar-refractivity contribution in [1.29, 1.82) is 5.26 Å². The van der Waals surface area contributed by atoms with Crippen LogP contribution in [-0.4, -0.2) is 9.78 Å². The van der Waals surface area contributed by atoms with Gasteiger partial charge in [0.05, 0.1) is 18.2 Å². The van der Waals surface area contributed by atoms with Gasteiger partial charge >= 0.3 is 0 Å². The maximum absolute atomic E-state index is 8.69. The molecular formula is C8H10BrN3. The fraction of sp³-hybridized carbons (Fsp3) is 0.500. The first-order valence-corrected chi connectivity index (χ1v) is 4.60. The van der Waals surface area contributed by atoms with E-state index in [0.717, 1.165) is 16.7 Å². The summed E-state index contributed by atoms with van der Waals surface area (Å²) in [4.78, 5) is 0. The largest absolute Gasteiger partial charge is 0.258 e. The molecule has 3 nitrogen and oxygen atoms in total. The van der Waals surface area contributed by atoms with Gasteiger partial charge in [0.1, 0.15) is 4.60 Å². The summed E-state index contributed by atoms with van der Waals surface area (Å²) in [6, 6.07) is 2.18. The second-order valence-electron chi connectivity index (χ2n) is 2.56. The van der Waals surface area contributed by atoms with Gasteiger partial charge in [-0.15, -0.1) is 0 Å². The molecule has 0 radical (unpaired) electrons. The quantitative estimate of drug-likeness (QED) is 0.779. The van der Waals surface area contributed by atoms with Crippen LogP contribution >= 0.6 is 15.9 Å². The monoisotopic (exact) mass is 227 g/mol. The Morgan fingerprint density at radius 1 is 1.83 bits per heavy atom. The van der Waals surface area contributed by atoms with Crippen molar-refractivity contribution in [3.05, 3.63) is 16.4 Å². The molecule has 1 aromatic rings. The SMILES string of the molecule is CCn1ncc(C(C)C#N)c1Br. The van der Waals surface area contributed by atoms with Crippen LogP contribution < -0.4 is 0 Å². The lowest BCUT2D eigenvalue weighted by atomic mass is 10.1. The molecule has 0 N–H and O–H groups in total. The van der Waals surface area contributed by atoms with Gasteiger partial charge in [-0.3, -0.25) is 4.68 Å². The average molecular weight is 228 g/mol. The van der Waals surface area contributed by atoms with Gasteiger partial charge in [-0.2, -0.15) is 10.4 Å². The first-order valence-electron chi connectivity index (χ1n) is 3.81. The highest BCUT2D eigenvalue weighted by Gasteiger charge is 2.12. The zero-order valence-electron chi connectivity index (χ0n) is 7.08. The predicted octanol–water partition coefficient (Wildman–Crippen LogP) is 2.29. The number of nitrogens with zero attached hydrogens (tertiary/aromatic N) is 3. The zero-order chi connectivity index (χ0) is 9.14. The highest BCUT2D eigenvalue weighted by atomic mass is 79.9. The molecular weight excluding hydrogens is 218 g/mol. The van der Waals surface area contributed by atoms with Crippen molar-refractivity contribution in [2.24, 2.45) is 0 Å². The van der Waals surface area contributed by atoms with Crippen LogP contribution in [0, 0.1) is 11.3 Å². The summed E-state index contributed by atoms with van der Waals surface area (Å²) in [5.74, 6) is -0.0975. The van der Waals surface area contributed by atoms with Crippen molar-refractivity contribution < 1.29 is 0 Å². The molecule has 0 aliphatic rings. The first-order chi connectivity index (χ1) is 5.70. The van der Waals surface area contributed by atoms with Crippen LogP contribution in [0.1, 0.15) is 25.3 Å². The minimum atomic E-state index is -0.0975. The van der Waals surface area contributed by atoms with Crippen molar-refractivity contribution in [3.63, 3.8) is 0 Å². The summed E-state index contributed by atoms with van der Waals surface area (Å²) in [6.45, 7) is 4.69. The molecule has 0 saturated carbocycles. The third kappa shape index (κ3) is 1.51. The Bertz CT molecular complexity index is 311. The highest BCUT2D eigenvalue weighted by Crippen LogP contribution is 2.23. The Hall–Kier alpha value is -0.820. The fourth-order valence-electron chi connectivity index (χ4n) is 0.965. The van der Waals surface area contributed by atoms with E-state index >= 15 is 0 Å². The normalized spacial score (nSPS) is 12.5. The van der Waals surface area contributed by atoms with Crippen LogP contribution in [0.2, 0.25) is 0 Å². The van der Waals surface area contributed by atoms with Crippen LogP contribution in [0.4, 0.5) is 0 Å². The van der Waals surface area contributed by atoms with Crippen LogP contribution in [-0.2, 0) is 6.54 Å². The molecule has 0 spiro atoms. The Morgan fingerprint density at radius 2 is 2.50 bits per heavy atom. The molecule has 1 atom stereocenters. The van der Waals surface area contributed by atoms with Gasteiger partial charge in [0.15, 0.2) is 0 Å². The molecule has 0 amide bonds. The molecule has 1 rings (SSSR count). The van der Waals surface area contributed by atoms with Gasteiger partial charge in [0.2, 0.25) is 0 Å². The van der Waals surface area contributed by atoms with E-state index in [1.807, 2.05) is 18.5 Å². The number of hydrogen-bond donors (Lipinski definition) is 0. The van der Waals surface area contributed by atoms with Crippen LogP contribution in [0.3, 0.4) is 0 Å². The first kappa shape index (κ1) is 9.27.